The summed E-state index contributed by atoms with van der Waals surface area (Å²) >= 11 is 0. The van der Waals surface area contributed by atoms with Gasteiger partial charge in [-0.25, -0.2) is 0 Å². The van der Waals surface area contributed by atoms with E-state index in [0.717, 1.165) is 61.0 Å². The summed E-state index contributed by atoms with van der Waals surface area (Å²) in [6.07, 6.45) is 12.5. The normalized spacial score (nSPS) is 15.3. The second-order valence-corrected chi connectivity index (χ2v) is 32.5. The Kier molecular flexibility index (Phi) is 48.7. The van der Waals surface area contributed by atoms with E-state index in [9.17, 15) is 0 Å². The van der Waals surface area contributed by atoms with Crippen molar-refractivity contribution < 1.29 is 99.0 Å². The molecule has 126 heavy (non-hydrogen) atoms. The molecule has 5 heterocycles. The van der Waals surface area contributed by atoms with Crippen LogP contribution in [0.15, 0.2) is 273 Å². The van der Waals surface area contributed by atoms with E-state index in [1.165, 1.54) is 86.2 Å². The molecular weight excluding hydrogens is 2420 g/mol. The first-order valence-corrected chi connectivity index (χ1v) is 45.0. The van der Waals surface area contributed by atoms with Gasteiger partial charge in [0.15, 0.2) is 0 Å². The molecule has 10 aromatic rings. The van der Waals surface area contributed by atoms with Crippen molar-refractivity contribution in [2.45, 2.75) is 180 Å². The van der Waals surface area contributed by atoms with Gasteiger partial charge in [-0.15, -0.1) is 28.4 Å². The van der Waals surface area contributed by atoms with Crippen LogP contribution in [0.2, 0.25) is 68.2 Å². The topological polar surface area (TPSA) is 48.6 Å². The maximum Gasteiger partial charge on any atom is 2.00 e. The molecule has 0 N–H and O–H groups in total. The molecule has 5 fully saturated rings. The van der Waals surface area contributed by atoms with Crippen molar-refractivity contribution in [1.29, 1.82) is 0 Å². The van der Waals surface area contributed by atoms with Gasteiger partial charge in [-0.05, 0) is 147 Å². The van der Waals surface area contributed by atoms with Crippen LogP contribution in [0.3, 0.4) is 0 Å². The fourth-order valence-electron chi connectivity index (χ4n) is 17.4. The van der Waals surface area contributed by atoms with E-state index in [1.807, 2.05) is 60.7 Å². The van der Waals surface area contributed by atoms with Crippen LogP contribution in [0, 0.1) is 63.7 Å². The zero-order valence-corrected chi connectivity index (χ0v) is 89.8. The molecule has 15 nitrogen and oxygen atoms in total. The van der Waals surface area contributed by atoms with E-state index < -0.39 is 0 Å². The van der Waals surface area contributed by atoms with Crippen molar-refractivity contribution in [2.75, 3.05) is 74.3 Å². The molecule has 0 spiro atoms. The molecular formula is C96H127B10N15Os5. The number of hydrogen-bond acceptors (Lipinski definition) is 15. The molecule has 0 saturated carbocycles. The number of hydrogen-bond donors (Lipinski definition) is 0. The molecule has 0 atom stereocenters. The van der Waals surface area contributed by atoms with Crippen molar-refractivity contribution in [3.63, 3.8) is 0 Å². The third kappa shape index (κ3) is 28.9. The summed E-state index contributed by atoms with van der Waals surface area (Å²) in [6.45, 7) is 55.1. The van der Waals surface area contributed by atoms with Crippen molar-refractivity contribution in [1.82, 2.24) is 23.6 Å². The van der Waals surface area contributed by atoms with Gasteiger partial charge in [-0.3, -0.25) is 0 Å². The van der Waals surface area contributed by atoms with Gasteiger partial charge in [0.1, 0.15) is 0 Å². The molecule has 5 aliphatic heterocycles. The molecule has 0 aromatic heterocycles. The SMILES string of the molecule is CB1N(c2[c-]cccc2)[CH-]N(c2ccccc2)B(C)N1C(C)C.CCCCCCN1B(C)N(c2[c-]cccc2)[CH-]N(c2ccccc2)B1C.CCCCCN1B(C)N(c2[c-]cccc2)[CH-]N(c2ccccc2)B1C.CCCCN1B(C)N(c2[c-]cccc2)[CH-]N(c2ccccc2)B1C.CCCN1B(C)N(c2[c-]cccc2)[CH-]N(c2ccccc2)B1C.[Os+2].[Os+2].[Os+2].[Os+2].[Os+2]. The quantitative estimate of drug-likeness (QED) is 0.0310. The average Bonchev–Trinajstić information content (AvgIpc) is 0.932. The first-order chi connectivity index (χ1) is 59.0. The molecule has 15 rings (SSSR count). The van der Waals surface area contributed by atoms with Crippen molar-refractivity contribution >= 4 is 127 Å². The van der Waals surface area contributed by atoms with E-state index >= 15 is 0 Å². The molecule has 0 radical (unpaired) electrons. The van der Waals surface area contributed by atoms with Crippen LogP contribution in [-0.4, -0.2) is 126 Å². The second-order valence-electron chi connectivity index (χ2n) is 32.5. The van der Waals surface area contributed by atoms with Crippen LogP contribution in [0.25, 0.3) is 0 Å². The van der Waals surface area contributed by atoms with E-state index in [1.54, 1.807) is 0 Å². The molecule has 5 saturated heterocycles. The van der Waals surface area contributed by atoms with Gasteiger partial charge in [0.2, 0.25) is 0 Å². The number of para-hydroxylation sites is 10. The zero-order chi connectivity index (χ0) is 85.6. The standard InChI is InChI=1S/C21H29B2N3.C20H27B2N3.C19H25B2N3.2C18H23B2N3.5Os/c1-4-5-6-13-18-26-22(2)24(20-14-9-7-10-15-20)19-25(23(26)3)21-16-11-8-12-17-21;1-4-5-12-17-25-21(2)23(19-13-8-6-9-14-19)18-24(22(25)3)20-15-10-7-11-16-20;1-4-5-16-24-20(2)22(18-12-8-6-9-13-18)17-23(21(24)3)19-14-10-7-11-15-19;1-16(2)23-19(3)21(17-11-7-5-8-12-17)15-22(20(23)4)18-13-9-6-10-14-18;1-4-15-23-19(2)21(17-11-7-5-8-12-17)16-22(20(23)3)18-13-9-6-10-14-18;;;;;/h7-12,14-16,19H,4-6,13,18H2,1-3H3;6-11,13-15,18H,4-5,12,17H2,1-3H3;6-14,17H,4-5,16H2,1-3H3;5-13,15-16H,1-4H3;5-13,16H,4,15H2,1-3H3;;;;;/q5*-2;5*+2. The Bertz CT molecular complexity index is 4240. The molecule has 0 amide bonds. The van der Waals surface area contributed by atoms with Crippen LogP contribution in [0.1, 0.15) is 106 Å². The smallest absolute Gasteiger partial charge is 0.557 e. The largest absolute Gasteiger partial charge is 2.00 e. The van der Waals surface area contributed by atoms with E-state index in [2.05, 4.69) is 457 Å². The Morgan fingerprint density at radius 2 is 0.421 bits per heavy atom. The van der Waals surface area contributed by atoms with Crippen LogP contribution in [0.5, 0.6) is 0 Å². The predicted octanol–water partition coefficient (Wildman–Crippen LogP) is 21.7. The van der Waals surface area contributed by atoms with Gasteiger partial charge in [0.25, 0.3) is 62.8 Å². The molecule has 5 aliphatic rings. The number of rotatable bonds is 25. The fraction of sp³-hybridized carbons (Fsp3) is 0.323. The van der Waals surface area contributed by atoms with Gasteiger partial charge >= 0.3 is 106 Å². The van der Waals surface area contributed by atoms with Crippen molar-refractivity contribution in [2.24, 2.45) is 0 Å². The molecule has 10 aromatic carbocycles. The summed E-state index contributed by atoms with van der Waals surface area (Å²) in [6, 6.07) is 111. The maximum atomic E-state index is 3.39. The van der Waals surface area contributed by atoms with Crippen LogP contribution in [0.4, 0.5) is 56.9 Å². The number of nitrogens with zero attached hydrogens (tertiary/aromatic N) is 15. The van der Waals surface area contributed by atoms with E-state index in [4.69, 9.17) is 0 Å². The molecule has 656 valence electrons. The fourth-order valence-corrected chi connectivity index (χ4v) is 17.4. The Balaban J connectivity index is 0.000000241. The van der Waals surface area contributed by atoms with E-state index in [0.29, 0.717) is 68.9 Å². The minimum absolute atomic E-state index is 0. The minimum Gasteiger partial charge on any atom is -0.557 e. The number of benzene rings is 10. The first-order valence-electron chi connectivity index (χ1n) is 45.0. The Morgan fingerprint density at radius 3 is 0.651 bits per heavy atom. The molecule has 0 bridgehead atoms. The zero-order valence-electron chi connectivity index (χ0n) is 77.1. The summed E-state index contributed by atoms with van der Waals surface area (Å²) < 4.78 is 12.8. The number of unbranched alkanes of at least 4 members (excludes halogenated alkanes) is 6. The van der Waals surface area contributed by atoms with E-state index in [-0.39, 0.29) is 106 Å². The van der Waals surface area contributed by atoms with Crippen LogP contribution < -0.4 is 48.1 Å². The summed E-state index contributed by atoms with van der Waals surface area (Å²) in [7, 11) is 0. The summed E-state index contributed by atoms with van der Waals surface area (Å²) in [5.74, 6) is 0. The Morgan fingerprint density at radius 1 is 0.222 bits per heavy atom. The molecule has 0 unspecified atom stereocenters. The second kappa shape index (κ2) is 56.5. The third-order valence-corrected chi connectivity index (χ3v) is 24.2. The summed E-state index contributed by atoms with van der Waals surface area (Å²) in [5, 5.41) is 0. The average molecular weight is 2550 g/mol. The van der Waals surface area contributed by atoms with Crippen LogP contribution >= 0.6 is 0 Å². The minimum atomic E-state index is 0. The van der Waals surface area contributed by atoms with Gasteiger partial charge < -0.3 is 71.7 Å². The summed E-state index contributed by atoms with van der Waals surface area (Å²) in [5.41, 5.74) is 11.6. The van der Waals surface area contributed by atoms with Crippen LogP contribution in [-0.2, 0) is 99.0 Å². The number of anilines is 10. The van der Waals surface area contributed by atoms with Crippen molar-refractivity contribution in [3.8, 4) is 0 Å². The maximum absolute atomic E-state index is 3.39. The predicted molar refractivity (Wildman–Crippen MR) is 534 cm³/mol. The van der Waals surface area contributed by atoms with Crippen molar-refractivity contribution in [3.05, 3.63) is 337 Å². The first kappa shape index (κ1) is 109. The third-order valence-electron chi connectivity index (χ3n) is 24.2. The summed E-state index contributed by atoms with van der Waals surface area (Å²) in [4.78, 5) is 23.4. The van der Waals surface area contributed by atoms with Gasteiger partial charge in [0.05, 0.1) is 0 Å². The Hall–Kier alpha value is -6.17. The monoisotopic (exact) mass is 2560 g/mol. The molecule has 0 aliphatic carbocycles. The van der Waals surface area contributed by atoms with Gasteiger partial charge in [-0.2, -0.15) is 185 Å². The Labute approximate surface area is 832 Å². The molecule has 30 heteroatoms. The van der Waals surface area contributed by atoms with Gasteiger partial charge in [-0.1, -0.05) is 239 Å². The van der Waals surface area contributed by atoms with Gasteiger partial charge in [0, 0.05) is 0 Å².